The molecule has 1 fully saturated rings. The van der Waals surface area contributed by atoms with Gasteiger partial charge in [0.1, 0.15) is 17.1 Å². The average molecular weight is 295 g/mol. The summed E-state index contributed by atoms with van der Waals surface area (Å²) in [7, 11) is 0. The number of phenols is 1. The van der Waals surface area contributed by atoms with Gasteiger partial charge in [-0.3, -0.25) is 4.79 Å². The Morgan fingerprint density at radius 2 is 2.10 bits per heavy atom. The van der Waals surface area contributed by atoms with Gasteiger partial charge >= 0.3 is 5.97 Å². The van der Waals surface area contributed by atoms with Crippen LogP contribution in [0.1, 0.15) is 43.0 Å². The van der Waals surface area contributed by atoms with Crippen LogP contribution in [0.25, 0.3) is 0 Å². The molecule has 2 unspecified atom stereocenters. The predicted molar refractivity (Wildman–Crippen MR) is 73.5 cm³/mol. The number of carbonyl (C=O) groups excluding carboxylic acids is 1. The van der Waals surface area contributed by atoms with Crippen LogP contribution in [0.2, 0.25) is 0 Å². The van der Waals surface area contributed by atoms with Crippen LogP contribution in [-0.4, -0.2) is 27.6 Å². The third-order valence-corrected chi connectivity index (χ3v) is 4.22. The molecule has 1 aliphatic carbocycles. The molecule has 0 spiro atoms. The van der Waals surface area contributed by atoms with Crippen LogP contribution in [0.15, 0.2) is 18.2 Å². The molecule has 21 heavy (non-hydrogen) atoms. The van der Waals surface area contributed by atoms with Crippen molar-refractivity contribution in [2.75, 3.05) is 0 Å². The highest BCUT2D eigenvalue weighted by Gasteiger charge is 2.46. The Morgan fingerprint density at radius 3 is 2.71 bits per heavy atom. The van der Waals surface area contributed by atoms with Crippen LogP contribution < -0.4 is 5.32 Å². The fraction of sp³-hybridized carbons (Fsp3) is 0.467. The van der Waals surface area contributed by atoms with Crippen molar-refractivity contribution in [1.82, 2.24) is 5.32 Å². The van der Waals surface area contributed by atoms with Gasteiger partial charge in [0.2, 0.25) is 0 Å². The van der Waals surface area contributed by atoms with E-state index in [1.165, 1.54) is 0 Å². The van der Waals surface area contributed by atoms with Crippen LogP contribution in [0.3, 0.4) is 0 Å². The number of carboxylic acid groups (broad SMARTS) is 1. The average Bonchev–Trinajstić information content (AvgIpc) is 2.43. The minimum atomic E-state index is -1.37. The second-order valence-electron chi connectivity index (χ2n) is 5.54. The maximum atomic E-state index is 13.2. The van der Waals surface area contributed by atoms with Crippen molar-refractivity contribution in [1.29, 1.82) is 0 Å². The van der Waals surface area contributed by atoms with Gasteiger partial charge in [0.15, 0.2) is 0 Å². The summed E-state index contributed by atoms with van der Waals surface area (Å²) in [4.78, 5) is 23.9. The van der Waals surface area contributed by atoms with Crippen molar-refractivity contribution in [2.45, 2.75) is 38.1 Å². The number of amides is 1. The number of phenolic OH excluding ortho intramolecular Hbond substituents is 1. The van der Waals surface area contributed by atoms with Crippen molar-refractivity contribution in [3.63, 3.8) is 0 Å². The Bertz CT molecular complexity index is 575. The maximum Gasteiger partial charge on any atom is 0.329 e. The Kier molecular flexibility index (Phi) is 4.16. The second kappa shape index (κ2) is 5.71. The molecular weight excluding hydrogens is 277 g/mol. The number of aromatic hydroxyl groups is 1. The predicted octanol–water partition coefficient (Wildman–Crippen LogP) is 2.29. The van der Waals surface area contributed by atoms with E-state index >= 15 is 0 Å². The molecule has 1 aromatic carbocycles. The van der Waals surface area contributed by atoms with Gasteiger partial charge in [-0.15, -0.1) is 0 Å². The number of nitrogens with one attached hydrogen (secondary N) is 1. The molecule has 1 saturated carbocycles. The maximum absolute atomic E-state index is 13.2. The van der Waals surface area contributed by atoms with Crippen LogP contribution in [0.5, 0.6) is 5.75 Å². The number of hydrogen-bond donors (Lipinski definition) is 3. The lowest BCUT2D eigenvalue weighted by atomic mass is 9.73. The van der Waals surface area contributed by atoms with Gasteiger partial charge in [-0.2, -0.15) is 0 Å². The number of carboxylic acids is 1. The summed E-state index contributed by atoms with van der Waals surface area (Å²) < 4.78 is 13.2. The van der Waals surface area contributed by atoms with E-state index in [-0.39, 0.29) is 17.2 Å². The largest absolute Gasteiger partial charge is 0.507 e. The fourth-order valence-electron chi connectivity index (χ4n) is 2.86. The Hall–Kier alpha value is -2.11. The first-order valence-corrected chi connectivity index (χ1v) is 6.91. The van der Waals surface area contributed by atoms with Crippen LogP contribution in [0, 0.1) is 11.7 Å². The first-order valence-electron chi connectivity index (χ1n) is 6.91. The first-order chi connectivity index (χ1) is 9.86. The number of halogens is 1. The van der Waals surface area contributed by atoms with Crippen molar-refractivity contribution in [3.05, 3.63) is 29.6 Å². The molecule has 2 atom stereocenters. The minimum absolute atomic E-state index is 0.233. The summed E-state index contributed by atoms with van der Waals surface area (Å²) in [6.07, 6.45) is 2.64. The minimum Gasteiger partial charge on any atom is -0.507 e. The van der Waals surface area contributed by atoms with Crippen molar-refractivity contribution in [3.8, 4) is 5.75 Å². The molecule has 0 bridgehead atoms. The summed E-state index contributed by atoms with van der Waals surface area (Å²) in [6.45, 7) is 1.78. The zero-order valence-corrected chi connectivity index (χ0v) is 11.7. The molecule has 2 rings (SSSR count). The van der Waals surface area contributed by atoms with E-state index in [1.54, 1.807) is 6.92 Å². The van der Waals surface area contributed by atoms with Crippen molar-refractivity contribution in [2.24, 2.45) is 5.92 Å². The quantitative estimate of drug-likeness (QED) is 0.798. The molecular formula is C15H18FNO4. The summed E-state index contributed by atoms with van der Waals surface area (Å²) >= 11 is 0. The summed E-state index contributed by atoms with van der Waals surface area (Å²) in [6, 6.07) is 3.00. The fourth-order valence-corrected chi connectivity index (χ4v) is 2.86. The zero-order chi connectivity index (χ0) is 15.6. The molecule has 1 aromatic rings. The normalized spacial score (nSPS) is 25.3. The molecule has 0 radical (unpaired) electrons. The smallest absolute Gasteiger partial charge is 0.329 e. The highest BCUT2D eigenvalue weighted by atomic mass is 19.1. The summed E-state index contributed by atoms with van der Waals surface area (Å²) in [5, 5.41) is 21.7. The molecule has 3 N–H and O–H groups in total. The van der Waals surface area contributed by atoms with E-state index in [0.717, 1.165) is 24.6 Å². The highest BCUT2D eigenvalue weighted by molar-refractivity contribution is 6.00. The van der Waals surface area contributed by atoms with E-state index in [9.17, 15) is 24.2 Å². The SMILES string of the molecule is CC1CCCCC1(NC(=O)c1cc(F)ccc1O)C(=O)O. The number of rotatable bonds is 3. The summed E-state index contributed by atoms with van der Waals surface area (Å²) in [5.74, 6) is -3.15. The lowest BCUT2D eigenvalue weighted by Gasteiger charge is -2.39. The molecule has 5 nitrogen and oxygen atoms in total. The molecule has 6 heteroatoms. The van der Waals surface area contributed by atoms with Crippen LogP contribution in [0.4, 0.5) is 4.39 Å². The highest BCUT2D eigenvalue weighted by Crippen LogP contribution is 2.34. The van der Waals surface area contributed by atoms with Gasteiger partial charge in [0.25, 0.3) is 5.91 Å². The number of aliphatic carboxylic acids is 1. The Balaban J connectivity index is 2.31. The third kappa shape index (κ3) is 2.84. The Morgan fingerprint density at radius 1 is 1.38 bits per heavy atom. The van der Waals surface area contributed by atoms with Crippen molar-refractivity contribution < 1.29 is 24.2 Å². The van der Waals surface area contributed by atoms with Gasteiger partial charge < -0.3 is 15.5 Å². The molecule has 0 heterocycles. The van der Waals surface area contributed by atoms with Gasteiger partial charge in [-0.25, -0.2) is 9.18 Å². The van der Waals surface area contributed by atoms with Crippen LogP contribution in [-0.2, 0) is 4.79 Å². The molecule has 1 amide bonds. The first kappa shape index (κ1) is 15.3. The monoisotopic (exact) mass is 295 g/mol. The third-order valence-electron chi connectivity index (χ3n) is 4.22. The Labute approximate surface area is 121 Å². The summed E-state index contributed by atoms with van der Waals surface area (Å²) in [5.41, 5.74) is -1.62. The lowest BCUT2D eigenvalue weighted by molar-refractivity contribution is -0.148. The lowest BCUT2D eigenvalue weighted by Crippen LogP contribution is -2.60. The molecule has 0 saturated heterocycles. The van der Waals surface area contributed by atoms with E-state index in [1.807, 2.05) is 0 Å². The zero-order valence-electron chi connectivity index (χ0n) is 11.7. The van der Waals surface area contributed by atoms with E-state index in [0.29, 0.717) is 19.3 Å². The van der Waals surface area contributed by atoms with Crippen LogP contribution >= 0.6 is 0 Å². The van der Waals surface area contributed by atoms with E-state index < -0.39 is 23.2 Å². The molecule has 1 aliphatic rings. The van der Waals surface area contributed by atoms with Gasteiger partial charge in [0.05, 0.1) is 5.56 Å². The topological polar surface area (TPSA) is 86.6 Å². The second-order valence-corrected chi connectivity index (χ2v) is 5.54. The molecule has 114 valence electrons. The van der Waals surface area contributed by atoms with Gasteiger partial charge in [-0.1, -0.05) is 19.8 Å². The number of hydrogen-bond acceptors (Lipinski definition) is 3. The molecule has 0 aliphatic heterocycles. The number of carbonyl (C=O) groups is 2. The standard InChI is InChI=1S/C15H18FNO4/c1-9-4-2-3-7-15(9,14(20)21)17-13(19)11-8-10(16)5-6-12(11)18/h5-6,8-9,18H,2-4,7H2,1H3,(H,17,19)(H,20,21). The van der Waals surface area contributed by atoms with Gasteiger partial charge in [0, 0.05) is 0 Å². The number of benzene rings is 1. The van der Waals surface area contributed by atoms with Crippen molar-refractivity contribution >= 4 is 11.9 Å². The van der Waals surface area contributed by atoms with E-state index in [4.69, 9.17) is 0 Å². The molecule has 0 aromatic heterocycles. The van der Waals surface area contributed by atoms with Gasteiger partial charge in [-0.05, 0) is 37.0 Å². The van der Waals surface area contributed by atoms with E-state index in [2.05, 4.69) is 5.32 Å².